The lowest BCUT2D eigenvalue weighted by molar-refractivity contribution is -0.115. The van der Waals surface area contributed by atoms with Gasteiger partial charge in [-0.15, -0.1) is 0 Å². The molecule has 0 unspecified atom stereocenters. The molecular formula is C20H21NO3. The number of nitrogens with zero attached hydrogens (tertiary/aromatic N) is 1. The number of aliphatic hydroxyl groups is 1. The fourth-order valence-electron chi connectivity index (χ4n) is 2.69. The minimum atomic E-state index is -0.920. The Morgan fingerprint density at radius 3 is 2.08 bits per heavy atom. The van der Waals surface area contributed by atoms with Crippen molar-refractivity contribution < 1.29 is 14.7 Å². The topological polar surface area (TPSA) is 78.2 Å². The van der Waals surface area contributed by atoms with Crippen molar-refractivity contribution in [1.29, 1.82) is 5.26 Å². The molecule has 1 aliphatic rings. The first kappa shape index (κ1) is 17.8. The van der Waals surface area contributed by atoms with Crippen molar-refractivity contribution >= 4 is 17.1 Å². The van der Waals surface area contributed by atoms with Crippen LogP contribution >= 0.6 is 0 Å². The number of carbonyl (C=O) groups excluding carboxylic acids is 2. The Hall–Kier alpha value is -2.51. The third-order valence-electron chi connectivity index (χ3n) is 4.34. The normalized spacial score (nSPS) is 15.8. The first-order chi connectivity index (χ1) is 11.2. The molecule has 0 bridgehead atoms. The fourth-order valence-corrected chi connectivity index (χ4v) is 2.69. The van der Waals surface area contributed by atoms with E-state index in [9.17, 15) is 14.7 Å². The van der Waals surface area contributed by atoms with Crippen LogP contribution in [-0.2, 0) is 9.59 Å². The first-order valence-corrected chi connectivity index (χ1v) is 7.88. The van der Waals surface area contributed by atoms with Crippen molar-refractivity contribution in [3.63, 3.8) is 0 Å². The minimum absolute atomic E-state index is 0.143. The Kier molecular flexibility index (Phi) is 4.86. The summed E-state index contributed by atoms with van der Waals surface area (Å²) in [4.78, 5) is 25.5. The predicted octanol–water partition coefficient (Wildman–Crippen LogP) is 3.35. The molecule has 1 aromatic carbocycles. The Labute approximate surface area is 142 Å². The highest BCUT2D eigenvalue weighted by atomic mass is 16.3. The summed E-state index contributed by atoms with van der Waals surface area (Å²) in [6.45, 7) is 6.68. The molecule has 2 rings (SSSR count). The minimum Gasteiger partial charge on any atom is -0.390 e. The molecule has 0 atom stereocenters. The molecule has 4 heteroatoms. The number of carbonyl (C=O) groups is 2. The summed E-state index contributed by atoms with van der Waals surface area (Å²) in [6, 6.07) is 8.69. The van der Waals surface area contributed by atoms with Crippen molar-refractivity contribution in [3.8, 4) is 6.07 Å². The molecule has 24 heavy (non-hydrogen) atoms. The summed E-state index contributed by atoms with van der Waals surface area (Å²) < 4.78 is 0. The van der Waals surface area contributed by atoms with E-state index in [1.54, 1.807) is 52.0 Å². The highest BCUT2D eigenvalue weighted by Gasteiger charge is 2.31. The number of hydrogen-bond acceptors (Lipinski definition) is 4. The molecule has 0 aliphatic heterocycles. The van der Waals surface area contributed by atoms with Gasteiger partial charge in [0.2, 0.25) is 0 Å². The monoisotopic (exact) mass is 323 g/mol. The standard InChI is InChI=1S/C20H21NO3/c1-12-13(2)19(23)17(15-7-5-14(11-21)6-8-15)16(18(12)22)9-10-20(3,4)24/h5-8,24H,9-10H2,1-4H3. The summed E-state index contributed by atoms with van der Waals surface area (Å²) >= 11 is 0. The van der Waals surface area contributed by atoms with Crippen molar-refractivity contribution in [2.75, 3.05) is 0 Å². The second-order valence-electron chi connectivity index (χ2n) is 6.76. The van der Waals surface area contributed by atoms with Gasteiger partial charge in [-0.05, 0) is 58.2 Å². The summed E-state index contributed by atoms with van der Waals surface area (Å²) in [5, 5.41) is 18.9. The van der Waals surface area contributed by atoms with Crippen LogP contribution in [0.5, 0.6) is 0 Å². The summed E-state index contributed by atoms with van der Waals surface area (Å²) in [6.07, 6.45) is 0.710. The molecule has 0 aromatic heterocycles. The lowest BCUT2D eigenvalue weighted by Gasteiger charge is -2.24. The van der Waals surface area contributed by atoms with Gasteiger partial charge in [0.15, 0.2) is 11.6 Å². The SMILES string of the molecule is CC1=C(C)C(=O)C(c2ccc(C#N)cc2)=C(CCC(C)(C)O)C1=O. The predicted molar refractivity (Wildman–Crippen MR) is 92.0 cm³/mol. The number of allylic oxidation sites excluding steroid dienone is 4. The molecule has 0 saturated carbocycles. The lowest BCUT2D eigenvalue weighted by Crippen LogP contribution is -2.24. The highest BCUT2D eigenvalue weighted by Crippen LogP contribution is 2.34. The Balaban J connectivity index is 2.56. The number of hydrogen-bond donors (Lipinski definition) is 1. The molecule has 4 nitrogen and oxygen atoms in total. The average molecular weight is 323 g/mol. The van der Waals surface area contributed by atoms with Gasteiger partial charge in [0, 0.05) is 22.3 Å². The van der Waals surface area contributed by atoms with Gasteiger partial charge in [0.25, 0.3) is 0 Å². The van der Waals surface area contributed by atoms with Crippen molar-refractivity contribution in [1.82, 2.24) is 0 Å². The highest BCUT2D eigenvalue weighted by molar-refractivity contribution is 6.39. The van der Waals surface area contributed by atoms with Crippen LogP contribution in [0.3, 0.4) is 0 Å². The van der Waals surface area contributed by atoms with Crippen molar-refractivity contribution in [3.05, 3.63) is 52.1 Å². The van der Waals surface area contributed by atoms with Crippen molar-refractivity contribution in [2.24, 2.45) is 0 Å². The van der Waals surface area contributed by atoms with Gasteiger partial charge < -0.3 is 5.11 Å². The second kappa shape index (κ2) is 6.54. The fraction of sp³-hybridized carbons (Fsp3) is 0.350. The Morgan fingerprint density at radius 1 is 1.04 bits per heavy atom. The Bertz CT molecular complexity index is 797. The average Bonchev–Trinajstić information content (AvgIpc) is 2.54. The molecule has 0 fully saturated rings. The maximum absolute atomic E-state index is 12.8. The molecule has 0 amide bonds. The van der Waals surface area contributed by atoms with Gasteiger partial charge in [0.05, 0.1) is 17.2 Å². The van der Waals surface area contributed by atoms with Crippen LogP contribution in [0.15, 0.2) is 41.0 Å². The summed E-state index contributed by atoms with van der Waals surface area (Å²) in [5.41, 5.74) is 1.94. The van der Waals surface area contributed by atoms with Crippen LogP contribution < -0.4 is 0 Å². The summed E-state index contributed by atoms with van der Waals surface area (Å²) in [7, 11) is 0. The molecule has 0 radical (unpaired) electrons. The van der Waals surface area contributed by atoms with E-state index in [1.807, 2.05) is 6.07 Å². The van der Waals surface area contributed by atoms with E-state index in [0.29, 0.717) is 46.3 Å². The quantitative estimate of drug-likeness (QED) is 0.862. The van der Waals surface area contributed by atoms with E-state index in [0.717, 1.165) is 0 Å². The molecule has 124 valence electrons. The third kappa shape index (κ3) is 3.52. The maximum Gasteiger partial charge on any atom is 0.190 e. The number of ketones is 2. The third-order valence-corrected chi connectivity index (χ3v) is 4.34. The smallest absolute Gasteiger partial charge is 0.190 e. The van der Waals surface area contributed by atoms with Crippen LogP contribution in [0.25, 0.3) is 5.57 Å². The molecule has 0 heterocycles. The largest absolute Gasteiger partial charge is 0.390 e. The maximum atomic E-state index is 12.8. The van der Waals surface area contributed by atoms with Gasteiger partial charge in [-0.1, -0.05) is 12.1 Å². The second-order valence-corrected chi connectivity index (χ2v) is 6.76. The number of nitriles is 1. The van der Waals surface area contributed by atoms with Crippen molar-refractivity contribution in [2.45, 2.75) is 46.1 Å². The summed E-state index contributed by atoms with van der Waals surface area (Å²) in [5.74, 6) is -0.307. The number of benzene rings is 1. The Morgan fingerprint density at radius 2 is 1.58 bits per heavy atom. The lowest BCUT2D eigenvalue weighted by atomic mass is 9.79. The van der Waals surface area contributed by atoms with E-state index < -0.39 is 5.60 Å². The van der Waals surface area contributed by atoms with Crippen LogP contribution in [-0.4, -0.2) is 22.3 Å². The van der Waals surface area contributed by atoms with Crippen LogP contribution in [0.4, 0.5) is 0 Å². The van der Waals surface area contributed by atoms with E-state index in [-0.39, 0.29) is 11.6 Å². The number of rotatable bonds is 4. The number of Topliss-reactive ketones (excluding diaryl/α,β-unsaturated/α-hetero) is 2. The van der Waals surface area contributed by atoms with Crippen LogP contribution in [0, 0.1) is 11.3 Å². The zero-order chi connectivity index (χ0) is 18.1. The van der Waals surface area contributed by atoms with Crippen LogP contribution in [0.1, 0.15) is 51.7 Å². The molecule has 0 spiro atoms. The molecule has 1 N–H and O–H groups in total. The molecule has 1 aliphatic carbocycles. The molecular weight excluding hydrogens is 302 g/mol. The van der Waals surface area contributed by atoms with Gasteiger partial charge in [-0.25, -0.2) is 0 Å². The molecule has 1 aromatic rings. The zero-order valence-electron chi connectivity index (χ0n) is 14.4. The first-order valence-electron chi connectivity index (χ1n) is 7.88. The van der Waals surface area contributed by atoms with E-state index in [4.69, 9.17) is 5.26 Å². The van der Waals surface area contributed by atoms with E-state index >= 15 is 0 Å². The van der Waals surface area contributed by atoms with Gasteiger partial charge >= 0.3 is 0 Å². The van der Waals surface area contributed by atoms with Gasteiger partial charge in [-0.2, -0.15) is 5.26 Å². The van der Waals surface area contributed by atoms with Gasteiger partial charge in [-0.3, -0.25) is 9.59 Å². The van der Waals surface area contributed by atoms with E-state index in [1.165, 1.54) is 0 Å². The van der Waals surface area contributed by atoms with Gasteiger partial charge in [0.1, 0.15) is 0 Å². The zero-order valence-corrected chi connectivity index (χ0v) is 14.4. The van der Waals surface area contributed by atoms with E-state index in [2.05, 4.69) is 0 Å². The molecule has 0 saturated heterocycles. The van der Waals surface area contributed by atoms with Crippen LogP contribution in [0.2, 0.25) is 0 Å².